The first-order valence-electron chi connectivity index (χ1n) is 12.5. The lowest BCUT2D eigenvalue weighted by molar-refractivity contribution is 0.00578. The van der Waals surface area contributed by atoms with Crippen molar-refractivity contribution >= 4 is 18.4 Å². The number of piperidine rings is 2. The summed E-state index contributed by atoms with van der Waals surface area (Å²) in [7, 11) is -0.389. The van der Waals surface area contributed by atoms with E-state index < -0.39 is 0 Å². The molecule has 33 heavy (non-hydrogen) atoms. The highest BCUT2D eigenvalue weighted by molar-refractivity contribution is 6.62. The first kappa shape index (κ1) is 22.8. The topological polar surface area (TPSA) is 38.8 Å². The van der Waals surface area contributed by atoms with Gasteiger partial charge in [0.05, 0.1) is 11.2 Å². The van der Waals surface area contributed by atoms with Crippen molar-refractivity contribution in [2.24, 2.45) is 5.92 Å². The van der Waals surface area contributed by atoms with E-state index in [1.54, 1.807) is 0 Å². The normalized spacial score (nSPS) is 28.6. The number of benzene rings is 2. The molecule has 2 aromatic carbocycles. The van der Waals surface area contributed by atoms with Crippen molar-refractivity contribution in [1.29, 1.82) is 0 Å². The number of rotatable bonds is 5. The monoisotopic (exact) mass is 445 g/mol. The molecule has 0 amide bonds. The summed E-state index contributed by atoms with van der Waals surface area (Å²) in [6, 6.07) is 19.7. The molecular formula is C28H36BNO3. The summed E-state index contributed by atoms with van der Waals surface area (Å²) < 4.78 is 12.3. The van der Waals surface area contributed by atoms with Gasteiger partial charge in [0.2, 0.25) is 0 Å². The SMILES string of the molecule is CC1(C)OB(c2ccc(C(=O)C3CC4CCCC(C3)N4Cc3ccccc3)cc2)OC1(C)C. The molecule has 2 atom stereocenters. The molecule has 174 valence electrons. The molecule has 0 saturated carbocycles. The molecule has 0 spiro atoms. The van der Waals surface area contributed by atoms with E-state index in [0.717, 1.165) is 30.4 Å². The van der Waals surface area contributed by atoms with Crippen molar-refractivity contribution in [3.8, 4) is 0 Å². The van der Waals surface area contributed by atoms with Crippen molar-refractivity contribution in [3.05, 3.63) is 65.7 Å². The fourth-order valence-corrected chi connectivity index (χ4v) is 5.76. The van der Waals surface area contributed by atoms with Gasteiger partial charge < -0.3 is 9.31 Å². The number of fused-ring (bicyclic) bond motifs is 2. The Morgan fingerprint density at radius 1 is 0.909 bits per heavy atom. The molecule has 3 aliphatic rings. The molecule has 3 aliphatic heterocycles. The third-order valence-electron chi connectivity index (χ3n) is 8.43. The average Bonchev–Trinajstić information content (AvgIpc) is 3.01. The Morgan fingerprint density at radius 2 is 1.48 bits per heavy atom. The summed E-state index contributed by atoms with van der Waals surface area (Å²) in [5, 5.41) is 0. The molecule has 0 N–H and O–H groups in total. The Morgan fingerprint density at radius 3 is 2.06 bits per heavy atom. The van der Waals surface area contributed by atoms with E-state index in [1.165, 1.54) is 24.8 Å². The summed E-state index contributed by atoms with van der Waals surface area (Å²) in [6.07, 6.45) is 5.63. The molecule has 4 nitrogen and oxygen atoms in total. The van der Waals surface area contributed by atoms with Crippen LogP contribution >= 0.6 is 0 Å². The number of nitrogens with zero attached hydrogens (tertiary/aromatic N) is 1. The Balaban J connectivity index is 1.26. The highest BCUT2D eigenvalue weighted by atomic mass is 16.7. The molecule has 5 rings (SSSR count). The van der Waals surface area contributed by atoms with Gasteiger partial charge in [0.15, 0.2) is 5.78 Å². The van der Waals surface area contributed by atoms with Crippen LogP contribution in [0.15, 0.2) is 54.6 Å². The quantitative estimate of drug-likeness (QED) is 0.480. The van der Waals surface area contributed by atoms with Crippen LogP contribution in [0.5, 0.6) is 0 Å². The van der Waals surface area contributed by atoms with Crippen molar-refractivity contribution in [3.63, 3.8) is 0 Å². The molecule has 2 unspecified atom stereocenters. The third kappa shape index (κ3) is 4.43. The van der Waals surface area contributed by atoms with Gasteiger partial charge in [-0.2, -0.15) is 0 Å². The maximum Gasteiger partial charge on any atom is 0.494 e. The van der Waals surface area contributed by atoms with Crippen LogP contribution in [0.2, 0.25) is 0 Å². The van der Waals surface area contributed by atoms with Crippen molar-refractivity contribution in [2.75, 3.05) is 0 Å². The molecule has 0 radical (unpaired) electrons. The molecular weight excluding hydrogens is 409 g/mol. The van der Waals surface area contributed by atoms with Gasteiger partial charge in [-0.15, -0.1) is 0 Å². The van der Waals surface area contributed by atoms with Gasteiger partial charge in [0.1, 0.15) is 0 Å². The Hall–Kier alpha value is -1.95. The average molecular weight is 445 g/mol. The molecule has 0 aliphatic carbocycles. The zero-order chi connectivity index (χ0) is 23.2. The summed E-state index contributed by atoms with van der Waals surface area (Å²) in [5.74, 6) is 0.418. The highest BCUT2D eigenvalue weighted by Crippen LogP contribution is 2.39. The highest BCUT2D eigenvalue weighted by Gasteiger charge is 2.51. The fraction of sp³-hybridized carbons (Fsp3) is 0.536. The minimum atomic E-state index is -0.389. The van der Waals surface area contributed by atoms with E-state index >= 15 is 0 Å². The zero-order valence-electron chi connectivity index (χ0n) is 20.4. The second kappa shape index (κ2) is 8.68. The van der Waals surface area contributed by atoms with E-state index in [1.807, 2.05) is 24.3 Å². The number of ketones is 1. The molecule has 2 bridgehead atoms. The standard InChI is InChI=1S/C28H36BNO3/c1-27(2)28(3,4)33-29(32-27)23-15-13-21(14-16-23)26(31)22-17-24-11-8-12-25(18-22)30(24)19-20-9-6-5-7-10-20/h5-7,9-10,13-16,22,24-25H,8,11-12,17-19H2,1-4H3. The summed E-state index contributed by atoms with van der Waals surface area (Å²) in [4.78, 5) is 16.1. The smallest absolute Gasteiger partial charge is 0.399 e. The first-order valence-corrected chi connectivity index (χ1v) is 12.5. The van der Waals surface area contributed by atoms with Gasteiger partial charge in [-0.05, 0) is 64.4 Å². The number of carbonyl (C=O) groups is 1. The number of Topliss-reactive ketones (excluding diaryl/α,β-unsaturated/α-hetero) is 1. The molecule has 0 aromatic heterocycles. The number of hydrogen-bond acceptors (Lipinski definition) is 4. The summed E-state index contributed by atoms with van der Waals surface area (Å²) >= 11 is 0. The van der Waals surface area contributed by atoms with Crippen LogP contribution in [0.4, 0.5) is 0 Å². The number of carbonyl (C=O) groups excluding carboxylic acids is 1. The van der Waals surface area contributed by atoms with Crippen LogP contribution in [-0.4, -0.2) is 41.1 Å². The molecule has 3 heterocycles. The maximum absolute atomic E-state index is 13.5. The van der Waals surface area contributed by atoms with E-state index in [-0.39, 0.29) is 24.2 Å². The minimum Gasteiger partial charge on any atom is -0.399 e. The van der Waals surface area contributed by atoms with Crippen LogP contribution in [0.3, 0.4) is 0 Å². The van der Waals surface area contributed by atoms with Crippen molar-refractivity contribution in [2.45, 2.75) is 89.6 Å². The van der Waals surface area contributed by atoms with Crippen molar-refractivity contribution in [1.82, 2.24) is 4.90 Å². The van der Waals surface area contributed by atoms with Gasteiger partial charge in [0, 0.05) is 30.1 Å². The first-order chi connectivity index (χ1) is 15.7. The van der Waals surface area contributed by atoms with Gasteiger partial charge in [-0.3, -0.25) is 9.69 Å². The van der Waals surface area contributed by atoms with Crippen LogP contribution in [0, 0.1) is 5.92 Å². The lowest BCUT2D eigenvalue weighted by atomic mass is 9.74. The zero-order valence-corrected chi connectivity index (χ0v) is 20.4. The largest absolute Gasteiger partial charge is 0.494 e. The van der Waals surface area contributed by atoms with Gasteiger partial charge >= 0.3 is 7.12 Å². The van der Waals surface area contributed by atoms with Gasteiger partial charge in [0.25, 0.3) is 0 Å². The lowest BCUT2D eigenvalue weighted by Gasteiger charge is -2.48. The lowest BCUT2D eigenvalue weighted by Crippen LogP contribution is -2.52. The van der Waals surface area contributed by atoms with Crippen molar-refractivity contribution < 1.29 is 14.1 Å². The predicted molar refractivity (Wildman–Crippen MR) is 133 cm³/mol. The summed E-state index contributed by atoms with van der Waals surface area (Å²) in [6.45, 7) is 9.25. The Bertz CT molecular complexity index is 958. The van der Waals surface area contributed by atoms with Gasteiger partial charge in [-0.1, -0.05) is 61.0 Å². The van der Waals surface area contributed by atoms with Crippen LogP contribution in [0.1, 0.15) is 75.7 Å². The fourth-order valence-electron chi connectivity index (χ4n) is 5.76. The maximum atomic E-state index is 13.5. The van der Waals surface area contributed by atoms with Crippen LogP contribution < -0.4 is 5.46 Å². The summed E-state index contributed by atoms with van der Waals surface area (Å²) in [5.41, 5.74) is 2.43. The van der Waals surface area contributed by atoms with E-state index in [2.05, 4.69) is 62.9 Å². The minimum absolute atomic E-state index is 0.120. The Kier molecular flexibility index (Phi) is 6.01. The number of hydrogen-bond donors (Lipinski definition) is 0. The molecule has 5 heteroatoms. The van der Waals surface area contributed by atoms with E-state index in [0.29, 0.717) is 17.9 Å². The second-order valence-electron chi connectivity index (χ2n) is 11.1. The second-order valence-corrected chi connectivity index (χ2v) is 11.1. The molecule has 3 fully saturated rings. The predicted octanol–water partition coefficient (Wildman–Crippen LogP) is 5.00. The van der Waals surface area contributed by atoms with E-state index in [4.69, 9.17) is 9.31 Å². The van der Waals surface area contributed by atoms with E-state index in [9.17, 15) is 4.79 Å². The molecule has 2 aromatic rings. The molecule has 3 saturated heterocycles. The third-order valence-corrected chi connectivity index (χ3v) is 8.43. The van der Waals surface area contributed by atoms with Crippen LogP contribution in [-0.2, 0) is 15.9 Å². The Labute approximate surface area is 198 Å². The van der Waals surface area contributed by atoms with Crippen LogP contribution in [0.25, 0.3) is 0 Å². The van der Waals surface area contributed by atoms with Gasteiger partial charge in [-0.25, -0.2) is 0 Å².